The van der Waals surface area contributed by atoms with Crippen LogP contribution in [-0.2, 0) is 0 Å². The summed E-state index contributed by atoms with van der Waals surface area (Å²) in [6.07, 6.45) is 1.80. The summed E-state index contributed by atoms with van der Waals surface area (Å²) in [5, 5.41) is 13.9. The van der Waals surface area contributed by atoms with E-state index in [1.807, 2.05) is 48.5 Å². The lowest BCUT2D eigenvalue weighted by Gasteiger charge is -2.29. The van der Waals surface area contributed by atoms with Gasteiger partial charge >= 0.3 is 0 Å². The highest BCUT2D eigenvalue weighted by atomic mass is 32.1. The third-order valence-electron chi connectivity index (χ3n) is 6.64. The maximum atomic E-state index is 9.79. The standard InChI is InChI=1S/C28H28N4O3S/c1-17-15-22(18(2)31(17)19-8-10-20(33)11-9-19)27-26(23-7-5-6-14-29-23)30-28(36)32(27)24-13-12-21(34-3)16-25(24)35-4/h5-16,26-27,33H,1-4H3,(H,30,36)/t26-,27+/m0/s1. The molecule has 0 saturated carbocycles. The zero-order valence-corrected chi connectivity index (χ0v) is 21.4. The molecule has 1 aliphatic rings. The minimum Gasteiger partial charge on any atom is -0.508 e. The number of nitrogens with zero attached hydrogens (tertiary/aromatic N) is 3. The number of hydrogen-bond donors (Lipinski definition) is 2. The number of nitrogens with one attached hydrogen (secondary N) is 1. The fourth-order valence-corrected chi connectivity index (χ4v) is 5.34. The molecule has 8 heteroatoms. The van der Waals surface area contributed by atoms with Crippen LogP contribution in [0.3, 0.4) is 0 Å². The van der Waals surface area contributed by atoms with E-state index in [9.17, 15) is 5.11 Å². The highest BCUT2D eigenvalue weighted by molar-refractivity contribution is 7.80. The molecule has 0 spiro atoms. The van der Waals surface area contributed by atoms with Crippen LogP contribution in [0.5, 0.6) is 17.2 Å². The SMILES string of the molecule is COc1ccc(N2C(=S)N[C@@H](c3ccccn3)[C@H]2c2cc(C)n(-c3ccc(O)cc3)c2C)c(OC)c1. The van der Waals surface area contributed by atoms with Crippen molar-refractivity contribution < 1.29 is 14.6 Å². The quantitative estimate of drug-likeness (QED) is 0.344. The van der Waals surface area contributed by atoms with E-state index in [0.29, 0.717) is 16.6 Å². The van der Waals surface area contributed by atoms with Gasteiger partial charge in [0.2, 0.25) is 0 Å². The average Bonchev–Trinajstić information content (AvgIpc) is 3.39. The van der Waals surface area contributed by atoms with Crippen LogP contribution < -0.4 is 19.7 Å². The number of hydrogen-bond acceptors (Lipinski definition) is 5. The van der Waals surface area contributed by atoms with Crippen molar-refractivity contribution in [2.45, 2.75) is 25.9 Å². The van der Waals surface area contributed by atoms with Gasteiger partial charge in [-0.05, 0) is 86.2 Å². The second-order valence-electron chi connectivity index (χ2n) is 8.71. The Bertz CT molecular complexity index is 1400. The molecule has 2 aromatic carbocycles. The molecular weight excluding hydrogens is 472 g/mol. The summed E-state index contributed by atoms with van der Waals surface area (Å²) in [6, 6.07) is 20.7. The Morgan fingerprint density at radius 1 is 0.972 bits per heavy atom. The number of phenols is 1. The number of pyridine rings is 1. The van der Waals surface area contributed by atoms with Crippen LogP contribution in [0.4, 0.5) is 5.69 Å². The number of anilines is 1. The van der Waals surface area contributed by atoms with Gasteiger partial charge in [0, 0.05) is 29.3 Å². The van der Waals surface area contributed by atoms with Gasteiger partial charge in [0.05, 0.1) is 37.7 Å². The van der Waals surface area contributed by atoms with Crippen LogP contribution in [0.1, 0.15) is 34.7 Å². The summed E-state index contributed by atoms with van der Waals surface area (Å²) in [5.74, 6) is 1.61. The van der Waals surface area contributed by atoms with Crippen molar-refractivity contribution in [3.63, 3.8) is 0 Å². The third kappa shape index (κ3) is 4.03. The zero-order chi connectivity index (χ0) is 25.4. The van der Waals surface area contributed by atoms with Crippen molar-refractivity contribution in [2.24, 2.45) is 0 Å². The van der Waals surface area contributed by atoms with Gasteiger partial charge in [-0.25, -0.2) is 0 Å². The molecule has 184 valence electrons. The first-order chi connectivity index (χ1) is 17.4. The lowest BCUT2D eigenvalue weighted by Crippen LogP contribution is -2.30. The maximum absolute atomic E-state index is 9.79. The smallest absolute Gasteiger partial charge is 0.174 e. The summed E-state index contributed by atoms with van der Waals surface area (Å²) in [4.78, 5) is 6.77. The predicted molar refractivity (Wildman–Crippen MR) is 144 cm³/mol. The Balaban J connectivity index is 1.69. The zero-order valence-electron chi connectivity index (χ0n) is 20.6. The van der Waals surface area contributed by atoms with E-state index in [4.69, 9.17) is 21.7 Å². The second-order valence-corrected chi connectivity index (χ2v) is 9.10. The molecule has 0 radical (unpaired) electrons. The number of rotatable bonds is 6. The molecule has 2 atom stereocenters. The van der Waals surface area contributed by atoms with Crippen LogP contribution in [0.2, 0.25) is 0 Å². The first-order valence-electron chi connectivity index (χ1n) is 11.6. The topological polar surface area (TPSA) is 71.8 Å². The van der Waals surface area contributed by atoms with Gasteiger partial charge in [-0.15, -0.1) is 0 Å². The van der Waals surface area contributed by atoms with Gasteiger partial charge in [-0.2, -0.15) is 0 Å². The predicted octanol–water partition coefficient (Wildman–Crippen LogP) is 5.39. The maximum Gasteiger partial charge on any atom is 0.174 e. The molecule has 5 rings (SSSR count). The van der Waals surface area contributed by atoms with E-state index in [-0.39, 0.29) is 17.8 Å². The number of phenolic OH excluding ortho intramolecular Hbond substituents is 1. The number of aromatic hydroxyl groups is 1. The van der Waals surface area contributed by atoms with Gasteiger partial charge in [-0.1, -0.05) is 6.07 Å². The number of thiocarbonyl (C=S) groups is 1. The van der Waals surface area contributed by atoms with Crippen molar-refractivity contribution >= 4 is 23.0 Å². The van der Waals surface area contributed by atoms with Crippen LogP contribution in [0, 0.1) is 13.8 Å². The Labute approximate surface area is 215 Å². The van der Waals surface area contributed by atoms with Crippen molar-refractivity contribution in [3.8, 4) is 22.9 Å². The first-order valence-corrected chi connectivity index (χ1v) is 12.0. The molecule has 0 aliphatic carbocycles. The van der Waals surface area contributed by atoms with E-state index in [1.165, 1.54) is 0 Å². The minimum absolute atomic E-state index is 0.181. The molecule has 0 bridgehead atoms. The second kappa shape index (κ2) is 9.54. The highest BCUT2D eigenvalue weighted by Gasteiger charge is 2.43. The minimum atomic E-state index is -0.188. The summed E-state index contributed by atoms with van der Waals surface area (Å²) in [6.45, 7) is 4.19. The number of aryl methyl sites for hydroxylation is 1. The van der Waals surface area contributed by atoms with Gasteiger partial charge in [0.15, 0.2) is 5.11 Å². The molecule has 2 aromatic heterocycles. The number of ether oxygens (including phenoxy) is 2. The summed E-state index contributed by atoms with van der Waals surface area (Å²) in [5.41, 5.74) is 5.98. The number of methoxy groups -OCH3 is 2. The van der Waals surface area contributed by atoms with Crippen LogP contribution in [0.15, 0.2) is 72.9 Å². The molecule has 0 amide bonds. The van der Waals surface area contributed by atoms with Gasteiger partial charge in [-0.3, -0.25) is 4.98 Å². The molecule has 36 heavy (non-hydrogen) atoms. The lowest BCUT2D eigenvalue weighted by molar-refractivity contribution is 0.394. The fourth-order valence-electron chi connectivity index (χ4n) is 5.00. The highest BCUT2D eigenvalue weighted by Crippen LogP contribution is 2.46. The van der Waals surface area contributed by atoms with E-state index in [2.05, 4.69) is 39.7 Å². The molecule has 3 heterocycles. The molecule has 1 aliphatic heterocycles. The van der Waals surface area contributed by atoms with Crippen molar-refractivity contribution in [2.75, 3.05) is 19.1 Å². The Morgan fingerprint density at radius 3 is 2.42 bits per heavy atom. The Kier molecular flexibility index (Phi) is 6.28. The molecule has 0 unspecified atom stereocenters. The van der Waals surface area contributed by atoms with E-state index >= 15 is 0 Å². The molecule has 2 N–H and O–H groups in total. The molecule has 1 fully saturated rings. The van der Waals surface area contributed by atoms with Crippen molar-refractivity contribution in [1.29, 1.82) is 0 Å². The molecule has 4 aromatic rings. The average molecular weight is 501 g/mol. The van der Waals surface area contributed by atoms with Crippen LogP contribution >= 0.6 is 12.2 Å². The van der Waals surface area contributed by atoms with Gasteiger partial charge in [0.25, 0.3) is 0 Å². The normalized spacial score (nSPS) is 17.2. The molecular formula is C28H28N4O3S. The number of benzene rings is 2. The first kappa shape index (κ1) is 23.7. The largest absolute Gasteiger partial charge is 0.508 e. The van der Waals surface area contributed by atoms with Gasteiger partial charge in [0.1, 0.15) is 17.2 Å². The summed E-state index contributed by atoms with van der Waals surface area (Å²) in [7, 11) is 3.28. The van der Waals surface area contributed by atoms with Crippen molar-refractivity contribution in [3.05, 3.63) is 95.6 Å². The Morgan fingerprint density at radius 2 is 1.75 bits per heavy atom. The molecule has 7 nitrogen and oxygen atoms in total. The summed E-state index contributed by atoms with van der Waals surface area (Å²) < 4.78 is 13.4. The Hall–Kier alpha value is -4.04. The molecule has 1 saturated heterocycles. The van der Waals surface area contributed by atoms with E-state index in [1.54, 1.807) is 32.5 Å². The fraction of sp³-hybridized carbons (Fsp3) is 0.214. The van der Waals surface area contributed by atoms with E-state index in [0.717, 1.165) is 34.0 Å². The van der Waals surface area contributed by atoms with Crippen molar-refractivity contribution in [1.82, 2.24) is 14.9 Å². The van der Waals surface area contributed by atoms with Crippen LogP contribution in [0.25, 0.3) is 5.69 Å². The lowest BCUT2D eigenvalue weighted by atomic mass is 9.96. The third-order valence-corrected chi connectivity index (χ3v) is 6.96. The van der Waals surface area contributed by atoms with E-state index < -0.39 is 0 Å². The summed E-state index contributed by atoms with van der Waals surface area (Å²) >= 11 is 5.90. The number of aromatic nitrogens is 2. The van der Waals surface area contributed by atoms with Crippen LogP contribution in [-0.4, -0.2) is 34.0 Å². The monoisotopic (exact) mass is 500 g/mol. The van der Waals surface area contributed by atoms with Gasteiger partial charge < -0.3 is 29.4 Å².